The molecule has 6 nitrogen and oxygen atoms in total. The van der Waals surface area contributed by atoms with Crippen molar-refractivity contribution in [3.63, 3.8) is 0 Å². The van der Waals surface area contributed by atoms with E-state index < -0.39 is 40.0 Å². The number of anilines is 1. The fourth-order valence-corrected chi connectivity index (χ4v) is 4.00. The first kappa shape index (κ1) is 19.9. The summed E-state index contributed by atoms with van der Waals surface area (Å²) in [6.07, 6.45) is 2.34. The molecule has 1 heterocycles. The highest BCUT2D eigenvalue weighted by Crippen LogP contribution is 2.30. The second-order valence-electron chi connectivity index (χ2n) is 6.41. The lowest BCUT2D eigenvalue weighted by atomic mass is 10.0. The van der Waals surface area contributed by atoms with Crippen LogP contribution in [-0.2, 0) is 21.2 Å². The number of sulfonamides is 1. The topological polar surface area (TPSA) is 80.8 Å². The molecule has 0 atom stereocenters. The second-order valence-corrected chi connectivity index (χ2v) is 8.32. The van der Waals surface area contributed by atoms with Gasteiger partial charge in [0.15, 0.2) is 24.0 Å². The number of nitrogens with zero attached hydrogens (tertiary/aromatic N) is 1. The van der Waals surface area contributed by atoms with E-state index in [0.29, 0.717) is 30.6 Å². The predicted octanol–water partition coefficient (Wildman–Crippen LogP) is 2.72. The molecule has 0 radical (unpaired) electrons. The Kier molecular flexibility index (Phi) is 5.46. The van der Waals surface area contributed by atoms with Crippen LogP contribution in [0.25, 0.3) is 0 Å². The summed E-state index contributed by atoms with van der Waals surface area (Å²) in [5.74, 6) is -3.68. The number of ether oxygens (including phenoxy) is 1. The van der Waals surface area contributed by atoms with Crippen LogP contribution >= 0.6 is 0 Å². The fourth-order valence-electron chi connectivity index (χ4n) is 3.00. The molecule has 2 aromatic carbocycles. The minimum atomic E-state index is -3.42. The maximum atomic E-state index is 13.2. The van der Waals surface area contributed by atoms with Crippen LogP contribution in [0.3, 0.4) is 0 Å². The van der Waals surface area contributed by atoms with E-state index in [9.17, 15) is 26.8 Å². The Hall–Kier alpha value is -2.81. The summed E-state index contributed by atoms with van der Waals surface area (Å²) in [7, 11) is -3.42. The lowest BCUT2D eigenvalue weighted by Crippen LogP contribution is -2.34. The van der Waals surface area contributed by atoms with Gasteiger partial charge in [0.2, 0.25) is 10.0 Å². The van der Waals surface area contributed by atoms with Gasteiger partial charge in [0, 0.05) is 12.1 Å². The Morgan fingerprint density at radius 1 is 1.07 bits per heavy atom. The first-order valence-electron chi connectivity index (χ1n) is 8.43. The quantitative estimate of drug-likeness (QED) is 0.560. The van der Waals surface area contributed by atoms with Crippen LogP contribution in [-0.4, -0.2) is 39.6 Å². The number of benzene rings is 2. The average molecular weight is 409 g/mol. The van der Waals surface area contributed by atoms with Gasteiger partial charge in [0.05, 0.1) is 17.5 Å². The van der Waals surface area contributed by atoms with Gasteiger partial charge in [-0.2, -0.15) is 0 Å². The highest BCUT2D eigenvalue weighted by molar-refractivity contribution is 7.92. The van der Waals surface area contributed by atoms with Crippen LogP contribution < -0.4 is 4.31 Å². The Labute approximate surface area is 160 Å². The first-order valence-corrected chi connectivity index (χ1v) is 10.3. The number of hydrogen-bond donors (Lipinski definition) is 0. The SMILES string of the molecule is CS(=O)(=O)N1CCCc2cc(C(=O)OCC(=O)c3ccc(F)c(F)c3)ccc21. The van der Waals surface area contributed by atoms with Gasteiger partial charge in [0.1, 0.15) is 0 Å². The summed E-state index contributed by atoms with van der Waals surface area (Å²) >= 11 is 0. The molecule has 1 aliphatic rings. The van der Waals surface area contributed by atoms with Crippen LogP contribution in [0.5, 0.6) is 0 Å². The molecule has 0 unspecified atom stereocenters. The highest BCUT2D eigenvalue weighted by atomic mass is 32.2. The molecule has 28 heavy (non-hydrogen) atoms. The number of fused-ring (bicyclic) bond motifs is 1. The first-order chi connectivity index (χ1) is 13.2. The van der Waals surface area contributed by atoms with E-state index >= 15 is 0 Å². The molecule has 3 rings (SSSR count). The van der Waals surface area contributed by atoms with Crippen LogP contribution in [0.2, 0.25) is 0 Å². The molecule has 2 aromatic rings. The zero-order valence-corrected chi connectivity index (χ0v) is 15.8. The molecule has 0 fully saturated rings. The Morgan fingerprint density at radius 3 is 2.46 bits per heavy atom. The molecular formula is C19H17F2NO5S. The lowest BCUT2D eigenvalue weighted by molar-refractivity contribution is 0.0474. The van der Waals surface area contributed by atoms with Crippen LogP contribution in [0, 0.1) is 11.6 Å². The molecule has 0 N–H and O–H groups in total. The van der Waals surface area contributed by atoms with E-state index in [1.165, 1.54) is 22.5 Å². The van der Waals surface area contributed by atoms with E-state index in [2.05, 4.69) is 0 Å². The lowest BCUT2D eigenvalue weighted by Gasteiger charge is -2.29. The van der Waals surface area contributed by atoms with Crippen LogP contribution in [0.4, 0.5) is 14.5 Å². The number of carbonyl (C=O) groups is 2. The van der Waals surface area contributed by atoms with Gasteiger partial charge in [0.25, 0.3) is 0 Å². The van der Waals surface area contributed by atoms with Gasteiger partial charge in [-0.25, -0.2) is 22.0 Å². The van der Waals surface area contributed by atoms with E-state index in [0.717, 1.165) is 24.5 Å². The van der Waals surface area contributed by atoms with Gasteiger partial charge in [-0.1, -0.05) is 0 Å². The highest BCUT2D eigenvalue weighted by Gasteiger charge is 2.25. The maximum Gasteiger partial charge on any atom is 0.338 e. The van der Waals surface area contributed by atoms with Gasteiger partial charge in [-0.3, -0.25) is 9.10 Å². The van der Waals surface area contributed by atoms with Gasteiger partial charge >= 0.3 is 5.97 Å². The monoisotopic (exact) mass is 409 g/mol. The van der Waals surface area contributed by atoms with Crippen molar-refractivity contribution in [2.75, 3.05) is 23.7 Å². The van der Waals surface area contributed by atoms with E-state index in [-0.39, 0.29) is 11.1 Å². The van der Waals surface area contributed by atoms with E-state index in [1.807, 2.05) is 0 Å². The second kappa shape index (κ2) is 7.67. The molecule has 0 saturated heterocycles. The fraction of sp³-hybridized carbons (Fsp3) is 0.263. The molecule has 148 valence electrons. The molecule has 0 amide bonds. The number of ketones is 1. The Bertz CT molecular complexity index is 1050. The minimum absolute atomic E-state index is 0.110. The summed E-state index contributed by atoms with van der Waals surface area (Å²) in [5.41, 5.74) is 1.27. The number of halogens is 2. The summed E-state index contributed by atoms with van der Waals surface area (Å²) in [6.45, 7) is -0.255. The number of Topliss-reactive ketones (excluding diaryl/α,β-unsaturated/α-hetero) is 1. The van der Waals surface area contributed by atoms with E-state index in [4.69, 9.17) is 4.74 Å². The van der Waals surface area contributed by atoms with Crippen molar-refractivity contribution < 1.29 is 31.5 Å². The third-order valence-electron chi connectivity index (χ3n) is 4.37. The van der Waals surface area contributed by atoms with Crippen molar-refractivity contribution in [1.82, 2.24) is 0 Å². The standard InChI is InChI=1S/C19H17F2NO5S/c1-28(25,26)22-8-2-3-12-9-14(5-7-17(12)22)19(24)27-11-18(23)13-4-6-15(20)16(21)10-13/h4-7,9-10H,2-3,8,11H2,1H3. The smallest absolute Gasteiger partial charge is 0.338 e. The van der Waals surface area contributed by atoms with Gasteiger partial charge in [-0.05, 0) is 54.8 Å². The third-order valence-corrected chi connectivity index (χ3v) is 5.55. The van der Waals surface area contributed by atoms with Crippen LogP contribution in [0.15, 0.2) is 36.4 Å². The number of hydrogen-bond acceptors (Lipinski definition) is 5. The zero-order chi connectivity index (χ0) is 20.5. The summed E-state index contributed by atoms with van der Waals surface area (Å²) < 4.78 is 56.1. The van der Waals surface area contributed by atoms with Gasteiger partial charge < -0.3 is 4.74 Å². The van der Waals surface area contributed by atoms with Crippen molar-refractivity contribution in [3.8, 4) is 0 Å². The average Bonchev–Trinajstić information content (AvgIpc) is 2.66. The molecule has 0 saturated carbocycles. The number of aryl methyl sites for hydroxylation is 1. The summed E-state index contributed by atoms with van der Waals surface area (Å²) in [5, 5.41) is 0. The van der Waals surface area contributed by atoms with Crippen molar-refractivity contribution >= 4 is 27.5 Å². The number of esters is 1. The third kappa shape index (κ3) is 4.19. The number of rotatable bonds is 5. The molecule has 0 aliphatic carbocycles. The summed E-state index contributed by atoms with van der Waals surface area (Å²) in [6, 6.07) is 7.16. The molecule has 9 heteroatoms. The summed E-state index contributed by atoms with van der Waals surface area (Å²) in [4.78, 5) is 24.2. The molecule has 0 aromatic heterocycles. The minimum Gasteiger partial charge on any atom is -0.454 e. The maximum absolute atomic E-state index is 13.2. The largest absolute Gasteiger partial charge is 0.454 e. The zero-order valence-electron chi connectivity index (χ0n) is 14.9. The molecular weight excluding hydrogens is 392 g/mol. The molecule has 0 spiro atoms. The Morgan fingerprint density at radius 2 is 1.79 bits per heavy atom. The van der Waals surface area contributed by atoms with Crippen molar-refractivity contribution in [3.05, 3.63) is 64.7 Å². The molecule has 1 aliphatic heterocycles. The van der Waals surface area contributed by atoms with E-state index in [1.54, 1.807) is 0 Å². The number of carbonyl (C=O) groups excluding carboxylic acids is 2. The Balaban J connectivity index is 1.71. The van der Waals surface area contributed by atoms with Crippen molar-refractivity contribution in [2.24, 2.45) is 0 Å². The van der Waals surface area contributed by atoms with Crippen LogP contribution in [0.1, 0.15) is 32.7 Å². The van der Waals surface area contributed by atoms with Gasteiger partial charge in [-0.15, -0.1) is 0 Å². The predicted molar refractivity (Wildman–Crippen MR) is 97.9 cm³/mol. The molecule has 0 bridgehead atoms. The van der Waals surface area contributed by atoms with Crippen molar-refractivity contribution in [2.45, 2.75) is 12.8 Å². The van der Waals surface area contributed by atoms with Crippen molar-refractivity contribution in [1.29, 1.82) is 0 Å². The normalized spacial score (nSPS) is 13.8.